The maximum absolute atomic E-state index is 14.6. The van der Waals surface area contributed by atoms with Gasteiger partial charge in [-0.2, -0.15) is 4.98 Å². The molecule has 3 heterocycles. The van der Waals surface area contributed by atoms with E-state index in [1.54, 1.807) is 13.1 Å². The number of halogens is 3. The summed E-state index contributed by atoms with van der Waals surface area (Å²) in [4.78, 5) is 13.4. The first kappa shape index (κ1) is 22.8. The van der Waals surface area contributed by atoms with Gasteiger partial charge in [0.1, 0.15) is 17.4 Å². The van der Waals surface area contributed by atoms with Crippen molar-refractivity contribution in [3.05, 3.63) is 70.5 Å². The van der Waals surface area contributed by atoms with Crippen LogP contribution in [0.4, 0.5) is 20.3 Å². The molecule has 34 heavy (non-hydrogen) atoms. The Morgan fingerprint density at radius 1 is 1.03 bits per heavy atom. The second kappa shape index (κ2) is 9.72. The Labute approximate surface area is 202 Å². The highest BCUT2D eigenvalue weighted by molar-refractivity contribution is 6.31. The molecule has 1 atom stereocenters. The van der Waals surface area contributed by atoms with E-state index in [1.165, 1.54) is 0 Å². The van der Waals surface area contributed by atoms with Crippen LogP contribution < -0.4 is 14.5 Å². The minimum atomic E-state index is -0.647. The summed E-state index contributed by atoms with van der Waals surface area (Å²) >= 11 is 6.13. The molecule has 0 bridgehead atoms. The lowest BCUT2D eigenvalue weighted by atomic mass is 10.0. The molecular weight excluding hydrogens is 462 g/mol. The minimum absolute atomic E-state index is 0.112. The van der Waals surface area contributed by atoms with E-state index in [9.17, 15) is 8.78 Å². The highest BCUT2D eigenvalue weighted by atomic mass is 35.5. The third-order valence-electron chi connectivity index (χ3n) is 6.29. The Balaban J connectivity index is 1.38. The number of fused-ring (bicyclic) bond motifs is 1. The van der Waals surface area contributed by atoms with Crippen LogP contribution in [0.2, 0.25) is 5.02 Å². The molecule has 0 saturated carbocycles. The summed E-state index contributed by atoms with van der Waals surface area (Å²) in [7, 11) is 0. The smallest absolute Gasteiger partial charge is 0.239 e. The molecule has 178 valence electrons. The summed E-state index contributed by atoms with van der Waals surface area (Å²) in [6.45, 7) is 5.58. The van der Waals surface area contributed by atoms with Gasteiger partial charge in [0, 0.05) is 30.9 Å². The van der Waals surface area contributed by atoms with Crippen LogP contribution in [-0.2, 0) is 11.2 Å². The lowest BCUT2D eigenvalue weighted by molar-refractivity contribution is 0.122. The van der Waals surface area contributed by atoms with E-state index >= 15 is 0 Å². The van der Waals surface area contributed by atoms with E-state index in [2.05, 4.69) is 14.9 Å². The molecule has 3 aromatic rings. The average molecular weight is 487 g/mol. The van der Waals surface area contributed by atoms with E-state index in [4.69, 9.17) is 21.1 Å². The minimum Gasteiger partial charge on any atom is -0.437 e. The van der Waals surface area contributed by atoms with Crippen molar-refractivity contribution in [3.63, 3.8) is 0 Å². The zero-order chi connectivity index (χ0) is 23.7. The largest absolute Gasteiger partial charge is 0.437 e. The Morgan fingerprint density at radius 2 is 1.76 bits per heavy atom. The van der Waals surface area contributed by atoms with Gasteiger partial charge in [-0.05, 0) is 56.2 Å². The van der Waals surface area contributed by atoms with Crippen LogP contribution >= 0.6 is 11.6 Å². The second-order valence-electron chi connectivity index (χ2n) is 8.40. The van der Waals surface area contributed by atoms with Gasteiger partial charge < -0.3 is 19.3 Å². The Hall–Kier alpha value is -2.97. The fourth-order valence-electron chi connectivity index (χ4n) is 4.49. The van der Waals surface area contributed by atoms with E-state index in [1.807, 2.05) is 29.2 Å². The Morgan fingerprint density at radius 3 is 2.53 bits per heavy atom. The van der Waals surface area contributed by atoms with E-state index in [0.29, 0.717) is 24.0 Å². The normalized spacial score (nSPS) is 16.8. The highest BCUT2D eigenvalue weighted by Gasteiger charge is 2.29. The maximum atomic E-state index is 14.6. The quantitative estimate of drug-likeness (QED) is 0.441. The van der Waals surface area contributed by atoms with Crippen LogP contribution in [0.5, 0.6) is 11.6 Å². The van der Waals surface area contributed by atoms with Crippen molar-refractivity contribution in [2.24, 2.45) is 0 Å². The van der Waals surface area contributed by atoms with Gasteiger partial charge in [0.05, 0.1) is 36.2 Å². The van der Waals surface area contributed by atoms with Crippen LogP contribution in [0.15, 0.2) is 42.6 Å². The molecule has 2 aliphatic rings. The molecule has 0 N–H and O–H groups in total. The molecule has 1 aromatic heterocycles. The number of aromatic nitrogens is 2. The molecule has 1 saturated heterocycles. The molecule has 9 heteroatoms. The maximum Gasteiger partial charge on any atom is 0.239 e. The van der Waals surface area contributed by atoms with Gasteiger partial charge in [0.15, 0.2) is 5.82 Å². The highest BCUT2D eigenvalue weighted by Crippen LogP contribution is 2.37. The van der Waals surface area contributed by atoms with Crippen molar-refractivity contribution in [3.8, 4) is 11.6 Å². The first-order chi connectivity index (χ1) is 16.5. The van der Waals surface area contributed by atoms with Crippen molar-refractivity contribution in [2.45, 2.75) is 25.8 Å². The van der Waals surface area contributed by atoms with Gasteiger partial charge in [-0.15, -0.1) is 0 Å². The summed E-state index contributed by atoms with van der Waals surface area (Å²) in [6.07, 6.45) is 3.17. The number of rotatable bonds is 5. The number of benzene rings is 2. The van der Waals surface area contributed by atoms with Crippen molar-refractivity contribution < 1.29 is 18.3 Å². The van der Waals surface area contributed by atoms with Crippen LogP contribution in [0.25, 0.3) is 0 Å². The molecule has 1 unspecified atom stereocenters. The molecule has 1 fully saturated rings. The van der Waals surface area contributed by atoms with Gasteiger partial charge in [0.2, 0.25) is 5.88 Å². The van der Waals surface area contributed by atoms with Gasteiger partial charge in [0.25, 0.3) is 0 Å². The van der Waals surface area contributed by atoms with Crippen molar-refractivity contribution in [1.82, 2.24) is 9.97 Å². The zero-order valence-corrected chi connectivity index (χ0v) is 19.6. The number of hydrogen-bond donors (Lipinski definition) is 0. The summed E-state index contributed by atoms with van der Waals surface area (Å²) in [6, 6.07) is 9.42. The van der Waals surface area contributed by atoms with Gasteiger partial charge >= 0.3 is 0 Å². The zero-order valence-electron chi connectivity index (χ0n) is 18.8. The topological polar surface area (TPSA) is 50.7 Å². The molecule has 0 radical (unpaired) electrons. The van der Waals surface area contributed by atoms with Gasteiger partial charge in [-0.3, -0.25) is 4.98 Å². The second-order valence-corrected chi connectivity index (χ2v) is 8.78. The molecule has 0 aliphatic carbocycles. The average Bonchev–Trinajstić information content (AvgIpc) is 2.87. The van der Waals surface area contributed by atoms with Crippen LogP contribution in [0, 0.1) is 11.6 Å². The van der Waals surface area contributed by atoms with Crippen molar-refractivity contribution >= 4 is 23.1 Å². The van der Waals surface area contributed by atoms with Gasteiger partial charge in [-0.1, -0.05) is 11.6 Å². The van der Waals surface area contributed by atoms with E-state index < -0.39 is 17.7 Å². The van der Waals surface area contributed by atoms with Gasteiger partial charge in [-0.25, -0.2) is 8.78 Å². The molecule has 2 aliphatic heterocycles. The van der Waals surface area contributed by atoms with Crippen LogP contribution in [0.3, 0.4) is 0 Å². The molecular formula is C25H25ClF2N4O2. The Bertz CT molecular complexity index is 1170. The number of ether oxygens (including phenoxy) is 2. The molecule has 2 aromatic carbocycles. The Kier molecular flexibility index (Phi) is 6.52. The first-order valence-corrected chi connectivity index (χ1v) is 11.8. The number of anilines is 2. The lowest BCUT2D eigenvalue weighted by Crippen LogP contribution is -2.36. The predicted molar refractivity (Wildman–Crippen MR) is 127 cm³/mol. The fraction of sp³-hybridized carbons (Fsp3) is 0.360. The third-order valence-corrected chi connectivity index (χ3v) is 6.67. The molecule has 0 amide bonds. The summed E-state index contributed by atoms with van der Waals surface area (Å²) in [5, 5.41) is -0.208. The molecule has 5 rings (SSSR count). The lowest BCUT2D eigenvalue weighted by Gasteiger charge is -2.35. The van der Waals surface area contributed by atoms with Crippen molar-refractivity contribution in [1.29, 1.82) is 0 Å². The summed E-state index contributed by atoms with van der Waals surface area (Å²) in [5.74, 6) is 0.377. The number of morpholine rings is 1. The number of aryl methyl sites for hydroxylation is 1. The van der Waals surface area contributed by atoms with E-state index in [0.717, 1.165) is 62.7 Å². The van der Waals surface area contributed by atoms with Crippen molar-refractivity contribution in [2.75, 3.05) is 42.6 Å². The summed E-state index contributed by atoms with van der Waals surface area (Å²) in [5.41, 5.74) is 2.02. The number of nitrogens with zero attached hydrogens (tertiary/aromatic N) is 4. The third kappa shape index (κ3) is 4.52. The van der Waals surface area contributed by atoms with Crippen LogP contribution in [-0.4, -0.2) is 42.8 Å². The van der Waals surface area contributed by atoms with Crippen LogP contribution in [0.1, 0.15) is 30.6 Å². The number of hydrogen-bond acceptors (Lipinski definition) is 6. The fourth-order valence-corrected chi connectivity index (χ4v) is 4.80. The first-order valence-electron chi connectivity index (χ1n) is 11.4. The SMILES string of the molecule is CC(c1c(F)ccc(F)c1Cl)N1CCCc2ncc(Oc3ccc(N4CCOCC4)cc3)nc21. The summed E-state index contributed by atoms with van der Waals surface area (Å²) < 4.78 is 40.1. The molecule has 6 nitrogen and oxygen atoms in total. The monoisotopic (exact) mass is 486 g/mol. The molecule has 0 spiro atoms. The standard InChI is InChI=1S/C25H25ClF2N4O2/c1-16(23-19(27)8-9-20(28)24(23)26)32-10-2-3-21-25(32)30-22(15-29-21)34-18-6-4-17(5-7-18)31-11-13-33-14-12-31/h4-9,15-16H,2-3,10-14H2,1H3. The predicted octanol–water partition coefficient (Wildman–Crippen LogP) is 5.55. The van der Waals surface area contributed by atoms with E-state index in [-0.39, 0.29) is 10.6 Å².